The molecule has 0 radical (unpaired) electrons. The number of pyridine rings is 1. The van der Waals surface area contributed by atoms with E-state index in [2.05, 4.69) is 9.97 Å². The van der Waals surface area contributed by atoms with Gasteiger partial charge in [-0.2, -0.15) is 0 Å². The Labute approximate surface area is 143 Å². The zero-order valence-corrected chi connectivity index (χ0v) is 13.2. The predicted molar refractivity (Wildman–Crippen MR) is 90.1 cm³/mol. The van der Waals surface area contributed by atoms with Gasteiger partial charge in [-0.05, 0) is 18.2 Å². The maximum absolute atomic E-state index is 10.8. The number of non-ortho nitro benzene ring substituents is 1. The highest BCUT2D eigenvalue weighted by Crippen LogP contribution is 2.19. The number of imidazole rings is 1. The molecule has 1 unspecified atom stereocenters. The molecule has 0 aliphatic rings. The second-order valence-corrected chi connectivity index (χ2v) is 5.34. The lowest BCUT2D eigenvalue weighted by Gasteiger charge is -2.14. The van der Waals surface area contributed by atoms with Gasteiger partial charge in [0, 0.05) is 24.7 Å². The van der Waals surface area contributed by atoms with Crippen LogP contribution >= 0.6 is 0 Å². The van der Waals surface area contributed by atoms with Gasteiger partial charge in [0.25, 0.3) is 5.69 Å². The number of aliphatic hydroxyl groups is 1. The summed E-state index contributed by atoms with van der Waals surface area (Å²) < 4.78 is 7.23. The van der Waals surface area contributed by atoms with Crippen LogP contribution in [-0.4, -0.2) is 37.3 Å². The fraction of sp³-hybridized carbons (Fsp3) is 0.176. The van der Waals surface area contributed by atoms with Crippen molar-refractivity contribution in [3.63, 3.8) is 0 Å². The Bertz CT molecular complexity index is 851. The van der Waals surface area contributed by atoms with Gasteiger partial charge in [-0.25, -0.2) is 4.98 Å². The molecule has 0 saturated carbocycles. The highest BCUT2D eigenvalue weighted by molar-refractivity contribution is 5.49. The van der Waals surface area contributed by atoms with Crippen LogP contribution in [0.2, 0.25) is 0 Å². The standard InChI is InChI=1S/C17H16N4O4/c22-14(12-25-15-5-3-4-13(10-15)21(23)24)11-20-9-8-19-17(20)16-6-1-2-7-18-16/h1-10,14,22H,11-12H2. The summed E-state index contributed by atoms with van der Waals surface area (Å²) in [5, 5.41) is 21.0. The molecule has 1 aromatic carbocycles. The van der Waals surface area contributed by atoms with E-state index < -0.39 is 11.0 Å². The first-order valence-electron chi connectivity index (χ1n) is 7.61. The lowest BCUT2D eigenvalue weighted by molar-refractivity contribution is -0.384. The Morgan fingerprint density at radius 2 is 2.08 bits per heavy atom. The van der Waals surface area contributed by atoms with Crippen LogP contribution in [0.15, 0.2) is 61.1 Å². The Morgan fingerprint density at radius 1 is 1.20 bits per heavy atom. The van der Waals surface area contributed by atoms with Crippen molar-refractivity contribution in [3.05, 3.63) is 71.2 Å². The Morgan fingerprint density at radius 3 is 2.84 bits per heavy atom. The minimum absolute atomic E-state index is 0.000998. The average molecular weight is 340 g/mol. The van der Waals surface area contributed by atoms with Crippen LogP contribution in [0.3, 0.4) is 0 Å². The molecule has 2 heterocycles. The zero-order valence-electron chi connectivity index (χ0n) is 13.2. The second-order valence-electron chi connectivity index (χ2n) is 5.34. The maximum atomic E-state index is 10.8. The number of nitro groups is 1. The molecule has 1 atom stereocenters. The summed E-state index contributed by atoms with van der Waals surface area (Å²) in [5.74, 6) is 0.985. The molecule has 25 heavy (non-hydrogen) atoms. The van der Waals surface area contributed by atoms with Gasteiger partial charge in [-0.1, -0.05) is 12.1 Å². The van der Waals surface area contributed by atoms with E-state index in [1.807, 2.05) is 18.2 Å². The van der Waals surface area contributed by atoms with Gasteiger partial charge >= 0.3 is 0 Å². The summed E-state index contributed by atoms with van der Waals surface area (Å²) >= 11 is 0. The van der Waals surface area contributed by atoms with E-state index >= 15 is 0 Å². The van der Waals surface area contributed by atoms with Crippen LogP contribution in [0.25, 0.3) is 11.5 Å². The summed E-state index contributed by atoms with van der Waals surface area (Å²) in [6.07, 6.45) is 4.26. The number of hydrogen-bond donors (Lipinski definition) is 1. The molecule has 3 rings (SSSR count). The molecule has 8 heteroatoms. The van der Waals surface area contributed by atoms with Crippen LogP contribution in [0.5, 0.6) is 5.75 Å². The number of hydrogen-bond acceptors (Lipinski definition) is 6. The first-order chi connectivity index (χ1) is 12.1. The van der Waals surface area contributed by atoms with Gasteiger partial charge in [0.1, 0.15) is 24.2 Å². The van der Waals surface area contributed by atoms with Crippen molar-refractivity contribution in [3.8, 4) is 17.3 Å². The van der Waals surface area contributed by atoms with Crippen LogP contribution in [0.4, 0.5) is 5.69 Å². The van der Waals surface area contributed by atoms with Crippen LogP contribution < -0.4 is 4.74 Å². The van der Waals surface area contributed by atoms with E-state index in [4.69, 9.17) is 4.74 Å². The molecule has 0 saturated heterocycles. The highest BCUT2D eigenvalue weighted by atomic mass is 16.6. The van der Waals surface area contributed by atoms with Gasteiger partial charge in [-0.15, -0.1) is 0 Å². The number of nitrogens with zero attached hydrogens (tertiary/aromatic N) is 4. The van der Waals surface area contributed by atoms with Crippen molar-refractivity contribution in [2.24, 2.45) is 0 Å². The van der Waals surface area contributed by atoms with Gasteiger partial charge < -0.3 is 14.4 Å². The molecule has 3 aromatic rings. The monoisotopic (exact) mass is 340 g/mol. The molecule has 0 spiro atoms. The van der Waals surface area contributed by atoms with Crippen molar-refractivity contribution >= 4 is 5.69 Å². The van der Waals surface area contributed by atoms with Crippen molar-refractivity contribution in [1.82, 2.24) is 14.5 Å². The van der Waals surface area contributed by atoms with Crippen LogP contribution in [0.1, 0.15) is 0 Å². The fourth-order valence-electron chi connectivity index (χ4n) is 2.34. The SMILES string of the molecule is O=[N+]([O-])c1cccc(OCC(O)Cn2ccnc2-c2ccccn2)c1. The topological polar surface area (TPSA) is 103 Å². The van der Waals surface area contributed by atoms with Crippen molar-refractivity contribution in [1.29, 1.82) is 0 Å². The molecule has 0 aliphatic heterocycles. The van der Waals surface area contributed by atoms with E-state index in [-0.39, 0.29) is 18.8 Å². The van der Waals surface area contributed by atoms with E-state index in [1.54, 1.807) is 29.2 Å². The molecule has 128 valence electrons. The van der Waals surface area contributed by atoms with E-state index in [0.717, 1.165) is 0 Å². The number of benzene rings is 1. The molecule has 0 amide bonds. The third-order valence-electron chi connectivity index (χ3n) is 3.49. The summed E-state index contributed by atoms with van der Waals surface area (Å²) in [5.41, 5.74) is 0.651. The first kappa shape index (κ1) is 16.6. The lowest BCUT2D eigenvalue weighted by atomic mass is 10.3. The predicted octanol–water partition coefficient (Wildman–Crippen LogP) is 2.29. The number of aliphatic hydroxyl groups excluding tert-OH is 1. The third-order valence-corrected chi connectivity index (χ3v) is 3.49. The molecule has 8 nitrogen and oxygen atoms in total. The van der Waals surface area contributed by atoms with Crippen LogP contribution in [0, 0.1) is 10.1 Å². The average Bonchev–Trinajstić information content (AvgIpc) is 3.09. The first-order valence-corrected chi connectivity index (χ1v) is 7.61. The maximum Gasteiger partial charge on any atom is 0.273 e. The van der Waals surface area contributed by atoms with Gasteiger partial charge in [0.15, 0.2) is 5.82 Å². The molecule has 0 bridgehead atoms. The Kier molecular flexibility index (Phi) is 5.00. The molecule has 0 aliphatic carbocycles. The number of nitro benzene ring substituents is 1. The summed E-state index contributed by atoms with van der Waals surface area (Å²) in [7, 11) is 0. The number of rotatable bonds is 7. The normalized spacial score (nSPS) is 11.9. The summed E-state index contributed by atoms with van der Waals surface area (Å²) in [4.78, 5) is 18.8. The second kappa shape index (κ2) is 7.54. The molecule has 2 aromatic heterocycles. The molecular formula is C17H16N4O4. The van der Waals surface area contributed by atoms with Crippen molar-refractivity contribution in [2.45, 2.75) is 12.6 Å². The zero-order chi connectivity index (χ0) is 17.6. The van der Waals surface area contributed by atoms with E-state index in [9.17, 15) is 15.2 Å². The Balaban J connectivity index is 1.62. The fourth-order valence-corrected chi connectivity index (χ4v) is 2.34. The quantitative estimate of drug-likeness (QED) is 0.523. The minimum atomic E-state index is -0.809. The van der Waals surface area contributed by atoms with Crippen molar-refractivity contribution in [2.75, 3.05) is 6.61 Å². The highest BCUT2D eigenvalue weighted by Gasteiger charge is 2.13. The summed E-state index contributed by atoms with van der Waals surface area (Å²) in [6.45, 7) is 0.266. The molecule has 1 N–H and O–H groups in total. The Hall–Kier alpha value is -3.26. The molecular weight excluding hydrogens is 324 g/mol. The summed E-state index contributed by atoms with van der Waals surface area (Å²) in [6, 6.07) is 11.4. The smallest absolute Gasteiger partial charge is 0.273 e. The van der Waals surface area contributed by atoms with Crippen molar-refractivity contribution < 1.29 is 14.8 Å². The van der Waals surface area contributed by atoms with E-state index in [0.29, 0.717) is 17.3 Å². The van der Waals surface area contributed by atoms with E-state index in [1.165, 1.54) is 18.2 Å². The number of ether oxygens (including phenoxy) is 1. The van der Waals surface area contributed by atoms with Crippen LogP contribution in [-0.2, 0) is 6.54 Å². The van der Waals surface area contributed by atoms with Gasteiger partial charge in [0.2, 0.25) is 0 Å². The minimum Gasteiger partial charge on any atom is -0.491 e. The largest absolute Gasteiger partial charge is 0.491 e. The molecule has 0 fully saturated rings. The van der Waals surface area contributed by atoms with Gasteiger partial charge in [-0.3, -0.25) is 15.1 Å². The number of aromatic nitrogens is 3. The van der Waals surface area contributed by atoms with Gasteiger partial charge in [0.05, 0.1) is 17.5 Å². The lowest BCUT2D eigenvalue weighted by Crippen LogP contribution is -2.23. The third kappa shape index (κ3) is 4.18.